The first-order valence-electron chi connectivity index (χ1n) is 9.42. The molecule has 0 bridgehead atoms. The number of carbonyl (C=O) groups is 1. The number of nitrogens with zero attached hydrogens (tertiary/aromatic N) is 3. The summed E-state index contributed by atoms with van der Waals surface area (Å²) in [5.74, 6) is 1.55. The van der Waals surface area contributed by atoms with Crippen molar-refractivity contribution in [3.63, 3.8) is 0 Å². The number of aromatic nitrogens is 3. The highest BCUT2D eigenvalue weighted by molar-refractivity contribution is 9.10. The van der Waals surface area contributed by atoms with Crippen LogP contribution in [0, 0.1) is 6.92 Å². The maximum Gasteiger partial charge on any atom is 0.234 e. The zero-order valence-corrected chi connectivity index (χ0v) is 20.0. The smallest absolute Gasteiger partial charge is 0.234 e. The van der Waals surface area contributed by atoms with Gasteiger partial charge < -0.3 is 14.6 Å². The number of amides is 1. The van der Waals surface area contributed by atoms with Crippen molar-refractivity contribution < 1.29 is 9.53 Å². The molecule has 1 N–H and O–H groups in total. The molecule has 9 heteroatoms. The summed E-state index contributed by atoms with van der Waals surface area (Å²) in [6, 6.07) is 13.1. The first kappa shape index (κ1) is 22.7. The van der Waals surface area contributed by atoms with Gasteiger partial charge in [0, 0.05) is 21.7 Å². The third-order valence-corrected chi connectivity index (χ3v) is 6.33. The molecule has 158 valence electrons. The van der Waals surface area contributed by atoms with Gasteiger partial charge in [-0.25, -0.2) is 0 Å². The predicted octanol–water partition coefficient (Wildman–Crippen LogP) is 5.89. The van der Waals surface area contributed by atoms with E-state index in [2.05, 4.69) is 31.4 Å². The van der Waals surface area contributed by atoms with E-state index in [1.807, 2.05) is 61.7 Å². The van der Waals surface area contributed by atoms with Crippen molar-refractivity contribution in [3.8, 4) is 5.75 Å². The number of anilines is 1. The van der Waals surface area contributed by atoms with Gasteiger partial charge >= 0.3 is 0 Å². The minimum atomic E-state index is -0.282. The normalized spacial score (nSPS) is 11.9. The van der Waals surface area contributed by atoms with Crippen molar-refractivity contribution >= 4 is 50.9 Å². The van der Waals surface area contributed by atoms with Crippen LogP contribution in [-0.4, -0.2) is 26.4 Å². The van der Waals surface area contributed by atoms with Crippen LogP contribution < -0.4 is 10.1 Å². The average molecular weight is 510 g/mol. The van der Waals surface area contributed by atoms with Crippen LogP contribution in [0.15, 0.2) is 52.1 Å². The van der Waals surface area contributed by atoms with E-state index in [1.165, 1.54) is 11.8 Å². The summed E-state index contributed by atoms with van der Waals surface area (Å²) in [5.41, 5.74) is 1.55. The van der Waals surface area contributed by atoms with Gasteiger partial charge in [-0.15, -0.1) is 10.2 Å². The topological polar surface area (TPSA) is 69.0 Å². The second-order valence-electron chi connectivity index (χ2n) is 6.55. The fraction of sp³-hybridized carbons (Fsp3) is 0.286. The molecule has 2 aromatic carbocycles. The van der Waals surface area contributed by atoms with E-state index in [0.717, 1.165) is 15.8 Å². The van der Waals surface area contributed by atoms with Gasteiger partial charge in [0.05, 0.1) is 5.75 Å². The summed E-state index contributed by atoms with van der Waals surface area (Å²) >= 11 is 10.9. The first-order valence-corrected chi connectivity index (χ1v) is 11.6. The summed E-state index contributed by atoms with van der Waals surface area (Å²) < 4.78 is 8.95. The quantitative estimate of drug-likeness (QED) is 0.383. The molecule has 6 nitrogen and oxygen atoms in total. The summed E-state index contributed by atoms with van der Waals surface area (Å²) in [7, 11) is 0. The molecule has 0 radical (unpaired) electrons. The largest absolute Gasteiger partial charge is 0.483 e. The van der Waals surface area contributed by atoms with Gasteiger partial charge in [-0.1, -0.05) is 45.4 Å². The molecule has 0 aliphatic rings. The minimum absolute atomic E-state index is 0.128. The molecule has 0 aliphatic heterocycles. The highest BCUT2D eigenvalue weighted by Crippen LogP contribution is 2.26. The highest BCUT2D eigenvalue weighted by Gasteiger charge is 2.19. The number of carbonyl (C=O) groups excluding carboxylic acids is 1. The summed E-state index contributed by atoms with van der Waals surface area (Å²) in [5, 5.41) is 12.8. The van der Waals surface area contributed by atoms with E-state index >= 15 is 0 Å². The number of hydrogen-bond acceptors (Lipinski definition) is 5. The third kappa shape index (κ3) is 5.56. The van der Waals surface area contributed by atoms with Gasteiger partial charge in [0.2, 0.25) is 5.91 Å². The fourth-order valence-electron chi connectivity index (χ4n) is 2.83. The van der Waals surface area contributed by atoms with Crippen LogP contribution in [0.2, 0.25) is 5.02 Å². The van der Waals surface area contributed by atoms with E-state index in [9.17, 15) is 4.79 Å². The van der Waals surface area contributed by atoms with Gasteiger partial charge in [0.1, 0.15) is 5.75 Å². The number of ether oxygens (including phenoxy) is 1. The lowest BCUT2D eigenvalue weighted by atomic mass is 10.2. The number of hydrogen-bond donors (Lipinski definition) is 1. The Bertz CT molecular complexity index is 1030. The molecule has 3 aromatic rings. The number of rotatable bonds is 8. The molecular weight excluding hydrogens is 488 g/mol. The Morgan fingerprint density at radius 3 is 2.70 bits per heavy atom. The molecule has 1 amide bonds. The molecular formula is C21H22BrClN4O2S. The van der Waals surface area contributed by atoms with Gasteiger partial charge in [-0.2, -0.15) is 0 Å². The van der Waals surface area contributed by atoms with Crippen LogP contribution in [0.5, 0.6) is 5.75 Å². The number of nitrogens with one attached hydrogen (secondary N) is 1. The molecule has 0 fully saturated rings. The molecule has 0 saturated heterocycles. The standard InChI is InChI=1S/C21H22BrClN4O2S/c1-4-27-20(14(3)29-16-10-8-15(22)9-11-16)25-26-21(27)30-12-19(28)24-18-7-5-6-17(23)13(18)2/h5-11,14H,4,12H2,1-3H3,(H,24,28). The van der Waals surface area contributed by atoms with Crippen LogP contribution in [0.3, 0.4) is 0 Å². The summed E-state index contributed by atoms with van der Waals surface area (Å²) in [6.07, 6.45) is -0.282. The van der Waals surface area contributed by atoms with Crippen molar-refractivity contribution in [2.45, 2.75) is 38.6 Å². The maximum absolute atomic E-state index is 12.4. The Labute approximate surface area is 193 Å². The minimum Gasteiger partial charge on any atom is -0.483 e. The van der Waals surface area contributed by atoms with E-state index in [0.29, 0.717) is 28.2 Å². The Morgan fingerprint density at radius 1 is 1.27 bits per heavy atom. The van der Waals surface area contributed by atoms with Crippen LogP contribution >= 0.6 is 39.3 Å². The van der Waals surface area contributed by atoms with Crippen LogP contribution in [0.4, 0.5) is 5.69 Å². The van der Waals surface area contributed by atoms with Crippen LogP contribution in [-0.2, 0) is 11.3 Å². The van der Waals surface area contributed by atoms with Crippen molar-refractivity contribution in [1.82, 2.24) is 14.8 Å². The molecule has 0 spiro atoms. The highest BCUT2D eigenvalue weighted by atomic mass is 79.9. The zero-order valence-electron chi connectivity index (χ0n) is 16.9. The second kappa shape index (κ2) is 10.3. The molecule has 0 saturated carbocycles. The third-order valence-electron chi connectivity index (χ3n) is 4.43. The molecule has 30 heavy (non-hydrogen) atoms. The van der Waals surface area contributed by atoms with E-state index < -0.39 is 0 Å². The van der Waals surface area contributed by atoms with Gasteiger partial charge in [0.25, 0.3) is 0 Å². The molecule has 1 atom stereocenters. The van der Waals surface area contributed by atoms with E-state index in [4.69, 9.17) is 16.3 Å². The number of thioether (sulfide) groups is 1. The van der Waals surface area contributed by atoms with Crippen LogP contribution in [0.1, 0.15) is 31.3 Å². The van der Waals surface area contributed by atoms with Gasteiger partial charge in [0.15, 0.2) is 17.1 Å². The monoisotopic (exact) mass is 508 g/mol. The fourth-order valence-corrected chi connectivity index (χ4v) is 4.08. The molecule has 0 aliphatic carbocycles. The Kier molecular flexibility index (Phi) is 7.80. The zero-order chi connectivity index (χ0) is 21.7. The van der Waals surface area contributed by atoms with Crippen molar-refractivity contribution in [2.75, 3.05) is 11.1 Å². The van der Waals surface area contributed by atoms with Crippen LogP contribution in [0.25, 0.3) is 0 Å². The average Bonchev–Trinajstić information content (AvgIpc) is 3.14. The van der Waals surface area contributed by atoms with Gasteiger partial charge in [-0.05, 0) is 62.7 Å². The maximum atomic E-state index is 12.4. The summed E-state index contributed by atoms with van der Waals surface area (Å²) in [6.45, 7) is 6.49. The molecule has 3 rings (SSSR count). The molecule has 1 unspecified atom stereocenters. The first-order chi connectivity index (χ1) is 14.4. The molecule has 1 heterocycles. The Balaban J connectivity index is 1.64. The molecule has 1 aromatic heterocycles. The lowest BCUT2D eigenvalue weighted by Crippen LogP contribution is -2.16. The second-order valence-corrected chi connectivity index (χ2v) is 8.81. The van der Waals surface area contributed by atoms with Crippen molar-refractivity contribution in [1.29, 1.82) is 0 Å². The van der Waals surface area contributed by atoms with Gasteiger partial charge in [-0.3, -0.25) is 4.79 Å². The lowest BCUT2D eigenvalue weighted by molar-refractivity contribution is -0.113. The predicted molar refractivity (Wildman–Crippen MR) is 124 cm³/mol. The number of benzene rings is 2. The van der Waals surface area contributed by atoms with E-state index in [1.54, 1.807) is 6.07 Å². The Morgan fingerprint density at radius 2 is 2.00 bits per heavy atom. The van der Waals surface area contributed by atoms with E-state index in [-0.39, 0.29) is 17.8 Å². The Hall–Kier alpha value is -2.03. The number of halogens is 2. The SMILES string of the molecule is CCn1c(SCC(=O)Nc2cccc(Cl)c2C)nnc1C(C)Oc1ccc(Br)cc1. The lowest BCUT2D eigenvalue weighted by Gasteiger charge is -2.15. The van der Waals surface area contributed by atoms with Crippen molar-refractivity contribution in [3.05, 3.63) is 63.3 Å². The summed E-state index contributed by atoms with van der Waals surface area (Å²) in [4.78, 5) is 12.4. The van der Waals surface area contributed by atoms with Crippen molar-refractivity contribution in [2.24, 2.45) is 0 Å².